The summed E-state index contributed by atoms with van der Waals surface area (Å²) in [5.41, 5.74) is 0.677. The first-order valence-electron chi connectivity index (χ1n) is 10.2. The number of amides is 1. The molecule has 0 aliphatic carbocycles. The number of non-ortho nitro benzene ring substituents is 1. The summed E-state index contributed by atoms with van der Waals surface area (Å²) >= 11 is 0. The molecule has 1 amide bonds. The molecule has 0 spiro atoms. The van der Waals surface area contributed by atoms with E-state index in [0.29, 0.717) is 16.8 Å². The van der Waals surface area contributed by atoms with E-state index in [-0.39, 0.29) is 22.7 Å². The number of carbonyl (C=O) groups is 1. The van der Waals surface area contributed by atoms with Gasteiger partial charge in [-0.2, -0.15) is 10.1 Å². The zero-order valence-corrected chi connectivity index (χ0v) is 17.5. The number of nitrogens with one attached hydrogen (secondary N) is 1. The fourth-order valence-corrected chi connectivity index (χ4v) is 3.61. The van der Waals surface area contributed by atoms with Crippen LogP contribution in [-0.4, -0.2) is 30.2 Å². The van der Waals surface area contributed by atoms with Crippen molar-refractivity contribution in [2.45, 2.75) is 0 Å². The Hall–Kier alpha value is -5.12. The van der Waals surface area contributed by atoms with Crippen molar-refractivity contribution < 1.29 is 9.72 Å². The van der Waals surface area contributed by atoms with Crippen LogP contribution in [0.1, 0.15) is 10.4 Å². The number of rotatable bonds is 5. The summed E-state index contributed by atoms with van der Waals surface area (Å²) < 4.78 is 2.78. The number of fused-ring (bicyclic) bond motifs is 1. The molecular formula is C24H16N6O4. The molecule has 0 bridgehead atoms. The number of aromatic nitrogens is 4. The van der Waals surface area contributed by atoms with Crippen molar-refractivity contribution in [3.63, 3.8) is 0 Å². The van der Waals surface area contributed by atoms with Crippen molar-refractivity contribution in [1.82, 2.24) is 19.3 Å². The van der Waals surface area contributed by atoms with E-state index in [9.17, 15) is 19.7 Å². The zero-order chi connectivity index (χ0) is 23.7. The van der Waals surface area contributed by atoms with Crippen molar-refractivity contribution in [1.29, 1.82) is 0 Å². The Labute approximate surface area is 191 Å². The highest BCUT2D eigenvalue weighted by atomic mass is 16.6. The highest BCUT2D eigenvalue weighted by Gasteiger charge is 2.21. The van der Waals surface area contributed by atoms with Gasteiger partial charge < -0.3 is 5.32 Å². The molecule has 10 heteroatoms. The number of hydrogen-bond donors (Lipinski definition) is 1. The van der Waals surface area contributed by atoms with Crippen molar-refractivity contribution in [3.05, 3.63) is 117 Å². The van der Waals surface area contributed by atoms with Gasteiger partial charge in [-0.15, -0.1) is 0 Å². The van der Waals surface area contributed by atoms with Gasteiger partial charge in [-0.05, 0) is 30.3 Å². The molecule has 0 unspecified atom stereocenters. The molecule has 2 aromatic heterocycles. The maximum atomic E-state index is 13.2. The third-order valence-corrected chi connectivity index (χ3v) is 5.18. The van der Waals surface area contributed by atoms with E-state index in [0.717, 1.165) is 0 Å². The number of carbonyl (C=O) groups excluding carboxylic acids is 1. The van der Waals surface area contributed by atoms with E-state index in [1.54, 1.807) is 30.3 Å². The molecule has 0 atom stereocenters. The average Bonchev–Trinajstić information content (AvgIpc) is 3.29. The van der Waals surface area contributed by atoms with E-state index >= 15 is 0 Å². The van der Waals surface area contributed by atoms with Gasteiger partial charge >= 0.3 is 5.69 Å². The summed E-state index contributed by atoms with van der Waals surface area (Å²) in [6.45, 7) is 0. The fourth-order valence-electron chi connectivity index (χ4n) is 3.61. The number of nitro benzene ring substituents is 1. The summed E-state index contributed by atoms with van der Waals surface area (Å²) in [4.78, 5) is 41.1. The zero-order valence-electron chi connectivity index (χ0n) is 17.5. The molecule has 166 valence electrons. The molecule has 1 N–H and O–H groups in total. The molecule has 0 fully saturated rings. The second kappa shape index (κ2) is 8.43. The van der Waals surface area contributed by atoms with E-state index in [1.807, 2.05) is 30.3 Å². The molecule has 0 aliphatic rings. The largest absolute Gasteiger partial charge is 0.355 e. The van der Waals surface area contributed by atoms with Crippen LogP contribution in [-0.2, 0) is 0 Å². The van der Waals surface area contributed by atoms with Crippen LogP contribution in [0.2, 0.25) is 0 Å². The molecule has 5 rings (SSSR count). The van der Waals surface area contributed by atoms with Gasteiger partial charge in [0.05, 0.1) is 27.9 Å². The highest BCUT2D eigenvalue weighted by Crippen LogP contribution is 2.26. The van der Waals surface area contributed by atoms with Crippen LogP contribution in [0.15, 0.2) is 95.9 Å². The molecule has 34 heavy (non-hydrogen) atoms. The van der Waals surface area contributed by atoms with Gasteiger partial charge in [0.15, 0.2) is 5.65 Å². The Morgan fingerprint density at radius 1 is 0.912 bits per heavy atom. The molecule has 0 saturated heterocycles. The van der Waals surface area contributed by atoms with Crippen LogP contribution in [0.5, 0.6) is 0 Å². The summed E-state index contributed by atoms with van der Waals surface area (Å²) in [6.07, 6.45) is 1.51. The van der Waals surface area contributed by atoms with E-state index in [4.69, 9.17) is 0 Å². The molecule has 10 nitrogen and oxygen atoms in total. The predicted octanol–water partition coefficient (Wildman–Crippen LogP) is 3.73. The minimum Gasteiger partial charge on any atom is -0.307 e. The first kappa shape index (κ1) is 20.8. The molecule has 2 heterocycles. The van der Waals surface area contributed by atoms with Crippen molar-refractivity contribution in [3.8, 4) is 11.4 Å². The van der Waals surface area contributed by atoms with Gasteiger partial charge in [0, 0.05) is 17.7 Å². The SMILES string of the molecule is O=C(Nc1c2cnn(-c3ccccc3)c2nc(=O)n1-c1ccccc1)c1cccc([N+](=O)[O-])c1. The highest BCUT2D eigenvalue weighted by molar-refractivity contribution is 6.08. The number of nitro groups is 1. The number of anilines is 1. The van der Waals surface area contributed by atoms with Gasteiger partial charge in [0.2, 0.25) is 0 Å². The third-order valence-electron chi connectivity index (χ3n) is 5.18. The lowest BCUT2D eigenvalue weighted by Crippen LogP contribution is -2.27. The quantitative estimate of drug-likeness (QED) is 0.320. The lowest BCUT2D eigenvalue weighted by Gasteiger charge is -2.14. The molecular weight excluding hydrogens is 436 g/mol. The van der Waals surface area contributed by atoms with Gasteiger partial charge in [-0.3, -0.25) is 14.9 Å². The van der Waals surface area contributed by atoms with Crippen LogP contribution in [0.4, 0.5) is 11.5 Å². The lowest BCUT2D eigenvalue weighted by molar-refractivity contribution is -0.384. The van der Waals surface area contributed by atoms with Gasteiger partial charge in [-0.1, -0.05) is 42.5 Å². The van der Waals surface area contributed by atoms with Crippen LogP contribution < -0.4 is 11.0 Å². The fraction of sp³-hybridized carbons (Fsp3) is 0. The predicted molar refractivity (Wildman–Crippen MR) is 126 cm³/mol. The number of benzene rings is 3. The van der Waals surface area contributed by atoms with Crippen molar-refractivity contribution >= 4 is 28.4 Å². The number of para-hydroxylation sites is 2. The monoisotopic (exact) mass is 452 g/mol. The van der Waals surface area contributed by atoms with E-state index in [1.165, 1.54) is 39.7 Å². The van der Waals surface area contributed by atoms with Crippen LogP contribution in [0.3, 0.4) is 0 Å². The van der Waals surface area contributed by atoms with Gasteiger partial charge in [0.25, 0.3) is 11.6 Å². The molecule has 5 aromatic rings. The van der Waals surface area contributed by atoms with E-state index in [2.05, 4.69) is 15.4 Å². The number of nitrogens with zero attached hydrogens (tertiary/aromatic N) is 5. The first-order chi connectivity index (χ1) is 16.5. The van der Waals surface area contributed by atoms with Gasteiger partial charge in [-0.25, -0.2) is 14.0 Å². The van der Waals surface area contributed by atoms with Crippen molar-refractivity contribution in [2.24, 2.45) is 0 Å². The molecule has 0 aliphatic heterocycles. The first-order valence-corrected chi connectivity index (χ1v) is 10.2. The topological polar surface area (TPSA) is 125 Å². The van der Waals surface area contributed by atoms with Crippen LogP contribution >= 0.6 is 0 Å². The summed E-state index contributed by atoms with van der Waals surface area (Å²) in [5.74, 6) is -0.465. The van der Waals surface area contributed by atoms with Crippen LogP contribution in [0.25, 0.3) is 22.4 Å². The summed E-state index contributed by atoms with van der Waals surface area (Å²) in [6, 6.07) is 23.2. The molecule has 0 radical (unpaired) electrons. The third kappa shape index (κ3) is 3.69. The minimum atomic E-state index is -0.620. The van der Waals surface area contributed by atoms with Crippen LogP contribution in [0, 0.1) is 10.1 Å². The standard InChI is InChI=1S/C24H16N6O4/c31-23(16-8-7-13-19(14-16)30(33)34)26-21-20-15-25-29(18-11-5-2-6-12-18)22(20)27-24(32)28(21)17-9-3-1-4-10-17/h1-15H,(H,26,31). The van der Waals surface area contributed by atoms with E-state index < -0.39 is 16.5 Å². The molecule has 0 saturated carbocycles. The normalized spacial score (nSPS) is 10.8. The Kier molecular flexibility index (Phi) is 5.15. The van der Waals surface area contributed by atoms with Gasteiger partial charge in [0.1, 0.15) is 5.82 Å². The second-order valence-corrected chi connectivity index (χ2v) is 7.30. The van der Waals surface area contributed by atoms with Crippen molar-refractivity contribution in [2.75, 3.05) is 5.32 Å². The maximum absolute atomic E-state index is 13.2. The number of hydrogen-bond acceptors (Lipinski definition) is 6. The summed E-state index contributed by atoms with van der Waals surface area (Å²) in [5, 5.41) is 18.7. The lowest BCUT2D eigenvalue weighted by atomic mass is 10.2. The smallest absolute Gasteiger partial charge is 0.307 e. The Morgan fingerprint density at radius 2 is 1.59 bits per heavy atom. The average molecular weight is 452 g/mol. The minimum absolute atomic E-state index is 0.0710. The Balaban J connectivity index is 1.70. The molecule has 3 aromatic carbocycles. The Bertz CT molecular complexity index is 1590. The Morgan fingerprint density at radius 3 is 2.26 bits per heavy atom. The summed E-state index contributed by atoms with van der Waals surface area (Å²) in [7, 11) is 0. The second-order valence-electron chi connectivity index (χ2n) is 7.30. The maximum Gasteiger partial charge on any atom is 0.355 e.